The smallest absolute Gasteiger partial charge is 0.266 e. The van der Waals surface area contributed by atoms with Gasteiger partial charge in [-0.3, -0.25) is 4.79 Å². The average Bonchev–Trinajstić information content (AvgIpc) is 3.17. The van der Waals surface area contributed by atoms with E-state index in [1.807, 2.05) is 60.8 Å². The Morgan fingerprint density at radius 1 is 1.00 bits per heavy atom. The summed E-state index contributed by atoms with van der Waals surface area (Å²) in [5.41, 5.74) is 2.48. The first-order valence-corrected chi connectivity index (χ1v) is 11.9. The molecule has 0 radical (unpaired) electrons. The molecule has 1 heterocycles. The van der Waals surface area contributed by atoms with Gasteiger partial charge in [0.05, 0.1) is 0 Å². The number of fused-ring (bicyclic) bond motifs is 1. The number of hydrogen-bond acceptors (Lipinski definition) is 3. The normalized spacial score (nSPS) is 11.4. The fraction of sp³-hybridized carbons (Fsp3) is 0.0769. The van der Waals surface area contributed by atoms with Crippen LogP contribution in [0.4, 0.5) is 5.69 Å². The first-order chi connectivity index (χ1) is 16.0. The van der Waals surface area contributed by atoms with Gasteiger partial charge in [0.25, 0.3) is 5.91 Å². The number of carbonyl (C=O) groups excluding carboxylic acids is 1. The van der Waals surface area contributed by atoms with Crippen LogP contribution in [-0.2, 0) is 11.3 Å². The van der Waals surface area contributed by atoms with Gasteiger partial charge in [-0.25, -0.2) is 0 Å². The highest BCUT2D eigenvalue weighted by Crippen LogP contribution is 2.26. The molecule has 0 spiro atoms. The second-order valence-electron chi connectivity index (χ2n) is 7.23. The van der Waals surface area contributed by atoms with Crippen molar-refractivity contribution in [2.45, 2.75) is 11.4 Å². The predicted octanol–water partition coefficient (Wildman–Crippen LogP) is 7.29. The van der Waals surface area contributed by atoms with Crippen LogP contribution in [0.15, 0.2) is 89.5 Å². The van der Waals surface area contributed by atoms with Gasteiger partial charge in [0.1, 0.15) is 11.6 Å². The lowest BCUT2D eigenvalue weighted by atomic mass is 10.1. The highest BCUT2D eigenvalue weighted by Gasteiger charge is 2.13. The summed E-state index contributed by atoms with van der Waals surface area (Å²) < 4.78 is 2.15. The number of anilines is 1. The second kappa shape index (κ2) is 10.6. The number of amides is 1. The number of thioether (sulfide) groups is 1. The second-order valence-corrected chi connectivity index (χ2v) is 9.27. The number of aromatic nitrogens is 1. The number of para-hydroxylation sites is 1. The van der Waals surface area contributed by atoms with Gasteiger partial charge < -0.3 is 9.88 Å². The predicted molar refractivity (Wildman–Crippen MR) is 138 cm³/mol. The molecule has 7 heteroatoms. The van der Waals surface area contributed by atoms with Gasteiger partial charge in [-0.15, -0.1) is 11.8 Å². The maximum atomic E-state index is 12.7. The molecule has 0 aliphatic carbocycles. The van der Waals surface area contributed by atoms with Gasteiger partial charge in [0.2, 0.25) is 0 Å². The van der Waals surface area contributed by atoms with Crippen LogP contribution >= 0.6 is 35.0 Å². The van der Waals surface area contributed by atoms with Crippen LogP contribution in [0.2, 0.25) is 10.0 Å². The van der Waals surface area contributed by atoms with Gasteiger partial charge in [-0.1, -0.05) is 41.4 Å². The third-order valence-corrected chi connectivity index (χ3v) is 6.50. The van der Waals surface area contributed by atoms with E-state index in [9.17, 15) is 10.1 Å². The fourth-order valence-electron chi connectivity index (χ4n) is 3.40. The van der Waals surface area contributed by atoms with Crippen LogP contribution in [0.1, 0.15) is 5.56 Å². The third kappa shape index (κ3) is 5.80. The Hall–Kier alpha value is -3.17. The Balaban J connectivity index is 1.54. The summed E-state index contributed by atoms with van der Waals surface area (Å²) in [6.45, 7) is 0.778. The van der Waals surface area contributed by atoms with Crippen molar-refractivity contribution < 1.29 is 4.79 Å². The Morgan fingerprint density at radius 3 is 2.36 bits per heavy atom. The Bertz CT molecular complexity index is 1350. The molecule has 1 aromatic heterocycles. The van der Waals surface area contributed by atoms with Crippen molar-refractivity contribution in [2.75, 3.05) is 11.1 Å². The van der Waals surface area contributed by atoms with Gasteiger partial charge in [0.15, 0.2) is 0 Å². The van der Waals surface area contributed by atoms with Crippen molar-refractivity contribution in [2.24, 2.45) is 0 Å². The molecule has 0 saturated heterocycles. The van der Waals surface area contributed by atoms with Crippen molar-refractivity contribution >= 4 is 63.5 Å². The van der Waals surface area contributed by atoms with E-state index in [0.29, 0.717) is 10.7 Å². The summed E-state index contributed by atoms with van der Waals surface area (Å²) in [5, 5.41) is 14.7. The summed E-state index contributed by atoms with van der Waals surface area (Å²) in [5.74, 6) is 0.404. The molecule has 0 bridgehead atoms. The number of rotatable bonds is 7. The van der Waals surface area contributed by atoms with Gasteiger partial charge in [0, 0.05) is 55.6 Å². The van der Waals surface area contributed by atoms with Crippen LogP contribution in [-0.4, -0.2) is 16.2 Å². The zero-order valence-electron chi connectivity index (χ0n) is 17.5. The Morgan fingerprint density at radius 2 is 1.67 bits per heavy atom. The molecule has 33 heavy (non-hydrogen) atoms. The highest BCUT2D eigenvalue weighted by molar-refractivity contribution is 7.99. The zero-order valence-corrected chi connectivity index (χ0v) is 19.8. The minimum Gasteiger partial charge on any atom is -0.346 e. The molecule has 4 aromatic rings. The quantitative estimate of drug-likeness (QED) is 0.168. The van der Waals surface area contributed by atoms with Gasteiger partial charge in [-0.2, -0.15) is 5.26 Å². The molecule has 0 atom stereocenters. The molecule has 0 aliphatic heterocycles. The summed E-state index contributed by atoms with van der Waals surface area (Å²) >= 11 is 13.6. The van der Waals surface area contributed by atoms with E-state index in [-0.39, 0.29) is 5.57 Å². The molecule has 4 rings (SSSR count). The molecular weight excluding hydrogens is 473 g/mol. The lowest BCUT2D eigenvalue weighted by Crippen LogP contribution is -2.13. The summed E-state index contributed by atoms with van der Waals surface area (Å²) in [7, 11) is 0. The monoisotopic (exact) mass is 491 g/mol. The van der Waals surface area contributed by atoms with Crippen molar-refractivity contribution in [1.29, 1.82) is 5.26 Å². The standard InChI is InChI=1S/C26H19Cl2N3OS/c27-20-5-9-22(10-6-20)30-26(32)18(16-29)15-19-17-31(25-4-2-1-3-24(19)25)13-14-33-23-11-7-21(28)8-12-23/h1-12,15,17H,13-14H2,(H,30,32)/b18-15-. The Labute approximate surface area is 206 Å². The van der Waals surface area contributed by atoms with E-state index in [1.165, 1.54) is 0 Å². The molecule has 164 valence electrons. The average molecular weight is 492 g/mol. The molecule has 0 saturated carbocycles. The first kappa shape index (κ1) is 23.0. The highest BCUT2D eigenvalue weighted by atomic mass is 35.5. The summed E-state index contributed by atoms with van der Waals surface area (Å²) in [4.78, 5) is 13.8. The molecule has 0 aliphatic rings. The third-order valence-electron chi connectivity index (χ3n) is 5.00. The number of halogens is 2. The minimum absolute atomic E-state index is 0.0309. The van der Waals surface area contributed by atoms with E-state index in [4.69, 9.17) is 23.2 Å². The van der Waals surface area contributed by atoms with Gasteiger partial charge in [-0.05, 0) is 60.7 Å². The molecular formula is C26H19Cl2N3OS. The fourth-order valence-corrected chi connectivity index (χ4v) is 4.51. The lowest BCUT2D eigenvalue weighted by molar-refractivity contribution is -0.112. The van der Waals surface area contributed by atoms with E-state index < -0.39 is 5.91 Å². The van der Waals surface area contributed by atoms with E-state index >= 15 is 0 Å². The number of hydrogen-bond donors (Lipinski definition) is 1. The van der Waals surface area contributed by atoms with Crippen LogP contribution < -0.4 is 5.32 Å². The number of nitrogens with one attached hydrogen (secondary N) is 1. The van der Waals surface area contributed by atoms with E-state index in [0.717, 1.165) is 38.7 Å². The number of nitriles is 1. The minimum atomic E-state index is -0.463. The van der Waals surface area contributed by atoms with Crippen molar-refractivity contribution in [1.82, 2.24) is 4.57 Å². The maximum absolute atomic E-state index is 12.7. The molecule has 3 aromatic carbocycles. The molecule has 0 unspecified atom stereocenters. The molecule has 4 nitrogen and oxygen atoms in total. The SMILES string of the molecule is N#C/C(=C/c1cn(CCSc2ccc(Cl)cc2)c2ccccc12)C(=O)Nc1ccc(Cl)cc1. The van der Waals surface area contributed by atoms with Crippen LogP contribution in [0.3, 0.4) is 0 Å². The summed E-state index contributed by atoms with van der Waals surface area (Å²) in [6, 6.07) is 24.5. The summed E-state index contributed by atoms with van der Waals surface area (Å²) in [6.07, 6.45) is 3.62. The van der Waals surface area contributed by atoms with Crippen molar-refractivity contribution in [3.05, 3.63) is 100 Å². The number of benzene rings is 3. The topological polar surface area (TPSA) is 57.8 Å². The number of nitrogens with zero attached hydrogens (tertiary/aromatic N) is 2. The molecule has 1 amide bonds. The maximum Gasteiger partial charge on any atom is 0.266 e. The van der Waals surface area contributed by atoms with Crippen molar-refractivity contribution in [3.8, 4) is 6.07 Å². The van der Waals surface area contributed by atoms with E-state index in [1.54, 1.807) is 42.1 Å². The van der Waals surface area contributed by atoms with Crippen LogP contribution in [0.25, 0.3) is 17.0 Å². The number of aryl methyl sites for hydroxylation is 1. The number of carbonyl (C=O) groups is 1. The lowest BCUT2D eigenvalue weighted by Gasteiger charge is -2.05. The molecule has 0 fully saturated rings. The largest absolute Gasteiger partial charge is 0.346 e. The van der Waals surface area contributed by atoms with E-state index in [2.05, 4.69) is 9.88 Å². The zero-order chi connectivity index (χ0) is 23.2. The van der Waals surface area contributed by atoms with Gasteiger partial charge >= 0.3 is 0 Å². The molecule has 1 N–H and O–H groups in total. The van der Waals surface area contributed by atoms with Crippen LogP contribution in [0, 0.1) is 11.3 Å². The van der Waals surface area contributed by atoms with Crippen LogP contribution in [0.5, 0.6) is 0 Å². The van der Waals surface area contributed by atoms with Crippen molar-refractivity contribution in [3.63, 3.8) is 0 Å². The first-order valence-electron chi connectivity index (χ1n) is 10.2. The Kier molecular flexibility index (Phi) is 7.41.